The number of sulfonamides is 1. The van der Waals surface area contributed by atoms with Crippen molar-refractivity contribution in [2.45, 2.75) is 51.1 Å². The van der Waals surface area contributed by atoms with Crippen LogP contribution in [0.3, 0.4) is 0 Å². The van der Waals surface area contributed by atoms with Gasteiger partial charge in [-0.1, -0.05) is 59.1 Å². The van der Waals surface area contributed by atoms with Crippen LogP contribution >= 0.6 is 15.9 Å². The molecule has 3 aromatic carbocycles. The second kappa shape index (κ2) is 14.3. The van der Waals surface area contributed by atoms with E-state index in [9.17, 15) is 18.0 Å². The van der Waals surface area contributed by atoms with E-state index in [0.29, 0.717) is 18.0 Å². The lowest BCUT2D eigenvalue weighted by Gasteiger charge is -2.32. The molecule has 2 amide bonds. The van der Waals surface area contributed by atoms with Gasteiger partial charge >= 0.3 is 0 Å². The summed E-state index contributed by atoms with van der Waals surface area (Å²) in [5.41, 5.74) is 2.11. The van der Waals surface area contributed by atoms with E-state index in [-0.39, 0.29) is 17.3 Å². The second-order valence-corrected chi connectivity index (χ2v) is 12.3. The van der Waals surface area contributed by atoms with Gasteiger partial charge in [0.15, 0.2) is 0 Å². The van der Waals surface area contributed by atoms with Crippen LogP contribution in [-0.4, -0.2) is 51.4 Å². The number of anilines is 1. The first kappa shape index (κ1) is 31.2. The molecule has 0 aliphatic heterocycles. The third-order valence-electron chi connectivity index (χ3n) is 6.51. The number of unbranched alkanes of at least 4 members (excludes halogenated alkanes) is 1. The topological polar surface area (TPSA) is 96.0 Å². The van der Waals surface area contributed by atoms with E-state index in [4.69, 9.17) is 4.74 Å². The van der Waals surface area contributed by atoms with E-state index >= 15 is 0 Å². The quantitative estimate of drug-likeness (QED) is 0.259. The first-order chi connectivity index (χ1) is 19.1. The van der Waals surface area contributed by atoms with E-state index in [1.165, 1.54) is 24.1 Å². The largest absolute Gasteiger partial charge is 0.497 e. The molecule has 3 rings (SSSR count). The lowest BCUT2D eigenvalue weighted by Crippen LogP contribution is -2.51. The summed E-state index contributed by atoms with van der Waals surface area (Å²) in [4.78, 5) is 28.4. The molecule has 0 heterocycles. The van der Waals surface area contributed by atoms with Gasteiger partial charge in [0.25, 0.3) is 10.0 Å². The van der Waals surface area contributed by atoms with Gasteiger partial charge in [0.1, 0.15) is 18.3 Å². The molecule has 0 fully saturated rings. The number of nitrogens with zero attached hydrogens (tertiary/aromatic N) is 2. The highest BCUT2D eigenvalue weighted by molar-refractivity contribution is 9.10. The molecular weight excluding hydrogens is 594 g/mol. The smallest absolute Gasteiger partial charge is 0.264 e. The van der Waals surface area contributed by atoms with Gasteiger partial charge in [-0.05, 0) is 74.4 Å². The molecule has 0 aliphatic carbocycles. The summed E-state index contributed by atoms with van der Waals surface area (Å²) in [6.45, 7) is 5.74. The molecule has 0 saturated carbocycles. The van der Waals surface area contributed by atoms with Crippen molar-refractivity contribution < 1.29 is 22.7 Å². The Morgan fingerprint density at radius 3 is 2.17 bits per heavy atom. The van der Waals surface area contributed by atoms with E-state index in [2.05, 4.69) is 21.2 Å². The Morgan fingerprint density at radius 2 is 1.60 bits per heavy atom. The fraction of sp³-hybridized carbons (Fsp3) is 0.333. The Labute approximate surface area is 245 Å². The molecule has 0 aliphatic rings. The summed E-state index contributed by atoms with van der Waals surface area (Å²) in [5.74, 6) is -0.280. The molecular formula is C30H36BrN3O5S. The van der Waals surface area contributed by atoms with Gasteiger partial charge in [-0.25, -0.2) is 8.42 Å². The minimum absolute atomic E-state index is 0.0199. The zero-order chi connectivity index (χ0) is 29.3. The van der Waals surface area contributed by atoms with Crippen molar-refractivity contribution >= 4 is 43.5 Å². The average molecular weight is 631 g/mol. The number of rotatable bonds is 13. The van der Waals surface area contributed by atoms with Crippen molar-refractivity contribution in [2.24, 2.45) is 0 Å². The van der Waals surface area contributed by atoms with Gasteiger partial charge in [-0.3, -0.25) is 13.9 Å². The normalized spacial score (nSPS) is 11.9. The predicted octanol–water partition coefficient (Wildman–Crippen LogP) is 5.30. The molecule has 0 saturated heterocycles. The molecule has 0 bridgehead atoms. The van der Waals surface area contributed by atoms with Crippen LogP contribution < -0.4 is 14.4 Å². The fourth-order valence-corrected chi connectivity index (χ4v) is 5.70. The number of hydrogen-bond donors (Lipinski definition) is 1. The van der Waals surface area contributed by atoms with Crippen molar-refractivity contribution in [3.63, 3.8) is 0 Å². The summed E-state index contributed by atoms with van der Waals surface area (Å²) in [6.07, 6.45) is 1.74. The van der Waals surface area contributed by atoms with Crippen LogP contribution in [0.2, 0.25) is 0 Å². The number of halogens is 1. The van der Waals surface area contributed by atoms with E-state index in [1.807, 2.05) is 38.1 Å². The number of ether oxygens (including phenoxy) is 1. The second-order valence-electron chi connectivity index (χ2n) is 9.49. The predicted molar refractivity (Wildman–Crippen MR) is 161 cm³/mol. The summed E-state index contributed by atoms with van der Waals surface area (Å²) in [7, 11) is -2.64. The van der Waals surface area contributed by atoms with E-state index < -0.39 is 28.5 Å². The molecule has 3 aromatic rings. The van der Waals surface area contributed by atoms with Crippen LogP contribution in [0.4, 0.5) is 5.69 Å². The van der Waals surface area contributed by atoms with E-state index in [0.717, 1.165) is 32.7 Å². The Hall–Kier alpha value is -3.37. The Morgan fingerprint density at radius 1 is 0.975 bits per heavy atom. The number of nitrogens with one attached hydrogen (secondary N) is 1. The number of aryl methyl sites for hydroxylation is 1. The third kappa shape index (κ3) is 8.08. The van der Waals surface area contributed by atoms with Crippen LogP contribution in [0.1, 0.15) is 37.8 Å². The summed E-state index contributed by atoms with van der Waals surface area (Å²) >= 11 is 3.42. The molecule has 1 N–H and O–H groups in total. The summed E-state index contributed by atoms with van der Waals surface area (Å²) in [6, 6.07) is 19.6. The number of methoxy groups -OCH3 is 1. The highest BCUT2D eigenvalue weighted by atomic mass is 79.9. The van der Waals surface area contributed by atoms with Crippen molar-refractivity contribution in [1.29, 1.82) is 0 Å². The molecule has 0 unspecified atom stereocenters. The van der Waals surface area contributed by atoms with Crippen molar-refractivity contribution in [1.82, 2.24) is 10.2 Å². The van der Waals surface area contributed by atoms with Crippen LogP contribution in [-0.2, 0) is 26.2 Å². The Balaban J connectivity index is 1.99. The van der Waals surface area contributed by atoms with E-state index in [1.54, 1.807) is 43.3 Å². The van der Waals surface area contributed by atoms with Gasteiger partial charge in [-0.15, -0.1) is 0 Å². The minimum Gasteiger partial charge on any atom is -0.497 e. The minimum atomic E-state index is -4.14. The molecule has 10 heteroatoms. The first-order valence-corrected chi connectivity index (χ1v) is 15.3. The van der Waals surface area contributed by atoms with Crippen molar-refractivity contribution in [3.8, 4) is 5.75 Å². The highest BCUT2D eigenvalue weighted by Gasteiger charge is 2.32. The monoisotopic (exact) mass is 629 g/mol. The zero-order valence-electron chi connectivity index (χ0n) is 23.3. The summed E-state index contributed by atoms with van der Waals surface area (Å²) in [5, 5.41) is 2.89. The molecule has 40 heavy (non-hydrogen) atoms. The number of carbonyl (C=O) groups excluding carboxylic acids is 2. The maximum Gasteiger partial charge on any atom is 0.264 e. The lowest BCUT2D eigenvalue weighted by molar-refractivity contribution is -0.139. The third-order valence-corrected chi connectivity index (χ3v) is 8.83. The van der Waals surface area contributed by atoms with Gasteiger partial charge in [0, 0.05) is 17.6 Å². The molecule has 0 radical (unpaired) electrons. The van der Waals surface area contributed by atoms with Crippen LogP contribution in [0.5, 0.6) is 5.75 Å². The van der Waals surface area contributed by atoms with Gasteiger partial charge in [-0.2, -0.15) is 0 Å². The van der Waals surface area contributed by atoms with Gasteiger partial charge < -0.3 is 15.0 Å². The maximum absolute atomic E-state index is 13.9. The molecule has 0 aromatic heterocycles. The Bertz CT molecular complexity index is 1380. The molecule has 8 nitrogen and oxygen atoms in total. The zero-order valence-corrected chi connectivity index (χ0v) is 25.7. The van der Waals surface area contributed by atoms with Gasteiger partial charge in [0.2, 0.25) is 11.8 Å². The van der Waals surface area contributed by atoms with Crippen molar-refractivity contribution in [2.75, 3.05) is 24.5 Å². The number of benzene rings is 3. The fourth-order valence-electron chi connectivity index (χ4n) is 4.02. The SMILES string of the molecule is CCCCNC(=O)[C@@H](C)N(Cc1ccc(Br)cc1)C(=O)CN(c1ccc(C)cc1)S(=O)(=O)c1ccc(OC)cc1. The van der Waals surface area contributed by atoms with Gasteiger partial charge in [0.05, 0.1) is 17.7 Å². The standard InChI is InChI=1S/C30H36BrN3O5S/c1-5-6-19-32-30(36)23(3)33(20-24-9-11-25(31)12-10-24)29(35)21-34(26-13-7-22(2)8-14-26)40(37,38)28-17-15-27(39-4)16-18-28/h7-18,23H,5-6,19-21H2,1-4H3,(H,32,36)/t23-/m1/s1. The highest BCUT2D eigenvalue weighted by Crippen LogP contribution is 2.26. The Kier molecular flexibility index (Phi) is 11.2. The average Bonchev–Trinajstić information content (AvgIpc) is 2.95. The number of amides is 2. The number of hydrogen-bond acceptors (Lipinski definition) is 5. The maximum atomic E-state index is 13.9. The molecule has 214 valence electrons. The molecule has 1 atom stereocenters. The number of carbonyl (C=O) groups is 2. The first-order valence-electron chi connectivity index (χ1n) is 13.1. The lowest BCUT2D eigenvalue weighted by atomic mass is 10.1. The van der Waals surface area contributed by atoms with Crippen LogP contribution in [0, 0.1) is 6.92 Å². The summed E-state index contributed by atoms with van der Waals surface area (Å²) < 4.78 is 34.9. The molecule has 0 spiro atoms. The van der Waals surface area contributed by atoms with Crippen molar-refractivity contribution in [3.05, 3.63) is 88.4 Å². The van der Waals surface area contributed by atoms with Crippen LogP contribution in [0.15, 0.2) is 82.2 Å². The van der Waals surface area contributed by atoms with Crippen LogP contribution in [0.25, 0.3) is 0 Å².